The van der Waals surface area contributed by atoms with Gasteiger partial charge in [-0.1, -0.05) is 48.9 Å². The smallest absolute Gasteiger partial charge is 0.0841 e. The summed E-state index contributed by atoms with van der Waals surface area (Å²) in [7, 11) is 0. The van der Waals surface area contributed by atoms with Gasteiger partial charge in [0.25, 0.3) is 0 Å². The molecule has 0 unspecified atom stereocenters. The van der Waals surface area contributed by atoms with Crippen LogP contribution < -0.4 is 5.32 Å². The van der Waals surface area contributed by atoms with Gasteiger partial charge in [0.2, 0.25) is 0 Å². The Morgan fingerprint density at radius 2 is 2.00 bits per heavy atom. The lowest BCUT2D eigenvalue weighted by molar-refractivity contribution is 0.657. The molecule has 0 aliphatic rings. The molecule has 1 aromatic heterocycles. The molecule has 0 saturated carbocycles. The second-order valence-electron chi connectivity index (χ2n) is 5.03. The number of para-hydroxylation sites is 1. The summed E-state index contributed by atoms with van der Waals surface area (Å²) in [6.45, 7) is 4.56. The van der Waals surface area contributed by atoms with Crippen molar-refractivity contribution in [1.29, 1.82) is 0 Å². The van der Waals surface area contributed by atoms with E-state index >= 15 is 0 Å². The Morgan fingerprint density at radius 3 is 2.81 bits per heavy atom. The minimum Gasteiger partial charge on any atom is -0.311 e. The molecule has 2 aromatic carbocycles. The van der Waals surface area contributed by atoms with Crippen molar-refractivity contribution in [1.82, 2.24) is 15.1 Å². The maximum atomic E-state index is 6.06. The summed E-state index contributed by atoms with van der Waals surface area (Å²) in [4.78, 5) is 0. The van der Waals surface area contributed by atoms with Crippen LogP contribution in [0.1, 0.15) is 18.2 Å². The zero-order valence-electron chi connectivity index (χ0n) is 12.0. The Morgan fingerprint density at radius 1 is 1.14 bits per heavy atom. The molecule has 0 fully saturated rings. The fraction of sp³-hybridized carbons (Fsp3) is 0.235. The van der Waals surface area contributed by atoms with Gasteiger partial charge < -0.3 is 5.32 Å². The largest absolute Gasteiger partial charge is 0.311 e. The minimum atomic E-state index is 0.729. The lowest BCUT2D eigenvalue weighted by atomic mass is 10.2. The van der Waals surface area contributed by atoms with Crippen molar-refractivity contribution in [3.8, 4) is 0 Å². The molecule has 0 bridgehead atoms. The second kappa shape index (κ2) is 6.29. The first-order valence-electron chi connectivity index (χ1n) is 7.17. The van der Waals surface area contributed by atoms with Crippen LogP contribution in [0.25, 0.3) is 10.9 Å². The molecule has 3 aromatic rings. The van der Waals surface area contributed by atoms with Gasteiger partial charge in [-0.3, -0.25) is 4.68 Å². The fourth-order valence-corrected chi connectivity index (χ4v) is 2.71. The number of halogens is 1. The summed E-state index contributed by atoms with van der Waals surface area (Å²) >= 11 is 6.06. The van der Waals surface area contributed by atoms with Gasteiger partial charge in [-0.2, -0.15) is 5.10 Å². The Labute approximate surface area is 129 Å². The van der Waals surface area contributed by atoms with E-state index in [1.54, 1.807) is 0 Å². The molecule has 3 rings (SSSR count). The summed E-state index contributed by atoms with van der Waals surface area (Å²) < 4.78 is 2.05. The number of rotatable bonds is 5. The van der Waals surface area contributed by atoms with Crippen LogP contribution in [-0.2, 0) is 13.1 Å². The lowest BCUT2D eigenvalue weighted by Gasteiger charge is -2.04. The van der Waals surface area contributed by atoms with Gasteiger partial charge in [-0.15, -0.1) is 0 Å². The molecule has 0 amide bonds. The van der Waals surface area contributed by atoms with Gasteiger partial charge in [0.15, 0.2) is 0 Å². The van der Waals surface area contributed by atoms with Crippen molar-refractivity contribution >= 4 is 22.5 Å². The molecule has 0 saturated heterocycles. The highest BCUT2D eigenvalue weighted by atomic mass is 35.5. The highest BCUT2D eigenvalue weighted by molar-refractivity contribution is 6.30. The van der Waals surface area contributed by atoms with Gasteiger partial charge in [-0.25, -0.2) is 0 Å². The first-order chi connectivity index (χ1) is 10.3. The molecule has 1 heterocycles. The van der Waals surface area contributed by atoms with Crippen molar-refractivity contribution in [3.05, 3.63) is 64.8 Å². The van der Waals surface area contributed by atoms with Crippen molar-refractivity contribution in [2.24, 2.45) is 0 Å². The van der Waals surface area contributed by atoms with E-state index in [1.807, 2.05) is 22.9 Å². The van der Waals surface area contributed by atoms with E-state index in [4.69, 9.17) is 16.7 Å². The van der Waals surface area contributed by atoms with Crippen molar-refractivity contribution in [2.45, 2.75) is 20.0 Å². The Kier molecular flexibility index (Phi) is 4.23. The molecular formula is C17H18ClN3. The van der Waals surface area contributed by atoms with Gasteiger partial charge >= 0.3 is 0 Å². The summed E-state index contributed by atoms with van der Waals surface area (Å²) in [5, 5.41) is 10.1. The lowest BCUT2D eigenvalue weighted by Crippen LogP contribution is -2.13. The van der Waals surface area contributed by atoms with E-state index in [9.17, 15) is 0 Å². The number of fused-ring (bicyclic) bond motifs is 1. The second-order valence-corrected chi connectivity index (χ2v) is 5.47. The Balaban J connectivity index is 1.98. The monoisotopic (exact) mass is 299 g/mol. The van der Waals surface area contributed by atoms with Crippen LogP contribution in [0.2, 0.25) is 5.02 Å². The van der Waals surface area contributed by atoms with Crippen LogP contribution in [0.4, 0.5) is 0 Å². The van der Waals surface area contributed by atoms with Crippen molar-refractivity contribution in [2.75, 3.05) is 6.54 Å². The quantitative estimate of drug-likeness (QED) is 0.775. The van der Waals surface area contributed by atoms with Crippen LogP contribution in [0.5, 0.6) is 0 Å². The van der Waals surface area contributed by atoms with Crippen LogP contribution in [0, 0.1) is 0 Å². The Bertz CT molecular complexity index is 749. The third-order valence-electron chi connectivity index (χ3n) is 3.50. The van der Waals surface area contributed by atoms with E-state index in [2.05, 4.69) is 42.6 Å². The molecule has 1 N–H and O–H groups in total. The molecule has 21 heavy (non-hydrogen) atoms. The van der Waals surface area contributed by atoms with Crippen LogP contribution >= 0.6 is 11.6 Å². The standard InChI is InChI=1S/C17H18ClN3/c1-2-19-11-16-15-8-3-4-9-17(15)21(20-16)12-13-6-5-7-14(18)10-13/h3-10,19H,2,11-12H2,1H3. The highest BCUT2D eigenvalue weighted by Crippen LogP contribution is 2.20. The van der Waals surface area contributed by atoms with Gasteiger partial charge in [-0.05, 0) is 30.3 Å². The molecule has 0 atom stereocenters. The number of hydrogen-bond acceptors (Lipinski definition) is 2. The molecule has 0 radical (unpaired) electrons. The number of benzene rings is 2. The number of nitrogens with one attached hydrogen (secondary N) is 1. The number of nitrogens with zero attached hydrogens (tertiary/aromatic N) is 2. The van der Waals surface area contributed by atoms with Gasteiger partial charge in [0, 0.05) is 17.0 Å². The normalized spacial score (nSPS) is 11.1. The first kappa shape index (κ1) is 14.1. The molecule has 3 nitrogen and oxygen atoms in total. The van der Waals surface area contributed by atoms with Crippen molar-refractivity contribution < 1.29 is 0 Å². The zero-order valence-corrected chi connectivity index (χ0v) is 12.8. The van der Waals surface area contributed by atoms with Gasteiger partial charge in [0.05, 0.1) is 17.8 Å². The van der Waals surface area contributed by atoms with Crippen LogP contribution in [0.3, 0.4) is 0 Å². The van der Waals surface area contributed by atoms with E-state index < -0.39 is 0 Å². The van der Waals surface area contributed by atoms with E-state index in [-0.39, 0.29) is 0 Å². The first-order valence-corrected chi connectivity index (χ1v) is 7.55. The van der Waals surface area contributed by atoms with Crippen molar-refractivity contribution in [3.63, 3.8) is 0 Å². The molecule has 108 valence electrons. The molecule has 4 heteroatoms. The minimum absolute atomic E-state index is 0.729. The summed E-state index contributed by atoms with van der Waals surface area (Å²) in [6.07, 6.45) is 0. The number of hydrogen-bond donors (Lipinski definition) is 1. The summed E-state index contributed by atoms with van der Waals surface area (Å²) in [5.41, 5.74) is 3.41. The fourth-order valence-electron chi connectivity index (χ4n) is 2.50. The van der Waals surface area contributed by atoms with Gasteiger partial charge in [0.1, 0.15) is 0 Å². The maximum Gasteiger partial charge on any atom is 0.0841 e. The highest BCUT2D eigenvalue weighted by Gasteiger charge is 2.09. The summed E-state index contributed by atoms with van der Waals surface area (Å²) in [5.74, 6) is 0. The number of aromatic nitrogens is 2. The summed E-state index contributed by atoms with van der Waals surface area (Å²) in [6, 6.07) is 16.3. The average molecular weight is 300 g/mol. The maximum absolute atomic E-state index is 6.06. The SMILES string of the molecule is CCNCc1nn(Cc2cccc(Cl)c2)c2ccccc12. The topological polar surface area (TPSA) is 29.9 Å². The van der Waals surface area contributed by atoms with Crippen LogP contribution in [-0.4, -0.2) is 16.3 Å². The predicted molar refractivity (Wildman–Crippen MR) is 87.7 cm³/mol. The molecule has 0 aliphatic carbocycles. The van der Waals surface area contributed by atoms with E-state index in [0.717, 1.165) is 41.4 Å². The van der Waals surface area contributed by atoms with E-state index in [1.165, 1.54) is 5.39 Å². The molecule has 0 spiro atoms. The molecular weight excluding hydrogens is 282 g/mol. The zero-order chi connectivity index (χ0) is 14.7. The third-order valence-corrected chi connectivity index (χ3v) is 3.73. The molecule has 0 aliphatic heterocycles. The van der Waals surface area contributed by atoms with Crippen LogP contribution in [0.15, 0.2) is 48.5 Å². The average Bonchev–Trinajstić information content (AvgIpc) is 2.84. The Hall–Kier alpha value is -1.84. The third kappa shape index (κ3) is 3.09. The predicted octanol–water partition coefficient (Wildman–Crippen LogP) is 3.85. The van der Waals surface area contributed by atoms with E-state index in [0.29, 0.717) is 0 Å².